The molecule has 112 valence electrons. The molecule has 0 bridgehead atoms. The Bertz CT molecular complexity index is 543. The van der Waals surface area contributed by atoms with E-state index in [0.29, 0.717) is 17.4 Å². The lowest BCUT2D eigenvalue weighted by Gasteiger charge is -2.27. The highest BCUT2D eigenvalue weighted by Crippen LogP contribution is 2.21. The second-order valence-corrected chi connectivity index (χ2v) is 7.85. The molecule has 5 heteroatoms. The number of hydrogen-bond acceptors (Lipinski definition) is 3. The molecule has 1 fully saturated rings. The standard InChI is InChI=1S/C15H24N2O2S/c1-12-8-13(2)10-15(9-12)20(18,19)17(3)11-14-4-6-16-7-5-14/h8-10,14,16H,4-7,11H2,1-3H3. The SMILES string of the molecule is Cc1cc(C)cc(S(=O)(=O)N(C)CC2CCNCC2)c1. The van der Waals surface area contributed by atoms with Crippen molar-refractivity contribution in [3.05, 3.63) is 29.3 Å². The third-order valence-corrected chi connectivity index (χ3v) is 5.68. The van der Waals surface area contributed by atoms with Crippen molar-refractivity contribution in [2.24, 2.45) is 5.92 Å². The van der Waals surface area contributed by atoms with E-state index in [4.69, 9.17) is 0 Å². The Morgan fingerprint density at radius 3 is 2.25 bits per heavy atom. The van der Waals surface area contributed by atoms with Crippen LogP contribution in [-0.2, 0) is 10.0 Å². The van der Waals surface area contributed by atoms with E-state index in [2.05, 4.69) is 5.32 Å². The third-order valence-electron chi connectivity index (χ3n) is 3.88. The summed E-state index contributed by atoms with van der Waals surface area (Å²) in [5.74, 6) is 0.460. The number of nitrogens with one attached hydrogen (secondary N) is 1. The topological polar surface area (TPSA) is 49.4 Å². The Morgan fingerprint density at radius 1 is 1.15 bits per heavy atom. The smallest absolute Gasteiger partial charge is 0.242 e. The molecular formula is C15H24N2O2S. The van der Waals surface area contributed by atoms with Gasteiger partial charge < -0.3 is 5.32 Å². The molecule has 0 aliphatic carbocycles. The molecule has 0 amide bonds. The van der Waals surface area contributed by atoms with Crippen LogP contribution >= 0.6 is 0 Å². The molecule has 1 aromatic carbocycles. The second kappa shape index (κ2) is 6.24. The fourth-order valence-corrected chi connectivity index (χ4v) is 4.22. The highest BCUT2D eigenvalue weighted by Gasteiger charge is 2.25. The van der Waals surface area contributed by atoms with Gasteiger partial charge in [-0.3, -0.25) is 0 Å². The molecule has 0 aromatic heterocycles. The number of nitrogens with zero attached hydrogens (tertiary/aromatic N) is 1. The molecule has 1 heterocycles. The number of piperidine rings is 1. The van der Waals surface area contributed by atoms with E-state index in [1.54, 1.807) is 19.2 Å². The van der Waals surface area contributed by atoms with Gasteiger partial charge in [0.15, 0.2) is 0 Å². The van der Waals surface area contributed by atoms with E-state index in [1.165, 1.54) is 4.31 Å². The molecule has 1 aliphatic heterocycles. The predicted molar refractivity (Wildman–Crippen MR) is 81.3 cm³/mol. The first kappa shape index (κ1) is 15.5. The van der Waals surface area contributed by atoms with Crippen LogP contribution in [0.15, 0.2) is 23.1 Å². The maximum absolute atomic E-state index is 12.6. The molecule has 2 rings (SSSR count). The highest BCUT2D eigenvalue weighted by molar-refractivity contribution is 7.89. The highest BCUT2D eigenvalue weighted by atomic mass is 32.2. The summed E-state index contributed by atoms with van der Waals surface area (Å²) < 4.78 is 26.8. The molecular weight excluding hydrogens is 272 g/mol. The molecule has 0 atom stereocenters. The van der Waals surface area contributed by atoms with Crippen LogP contribution in [-0.4, -0.2) is 39.4 Å². The van der Waals surface area contributed by atoms with E-state index < -0.39 is 10.0 Å². The summed E-state index contributed by atoms with van der Waals surface area (Å²) in [6.07, 6.45) is 2.10. The molecule has 0 saturated carbocycles. The van der Waals surface area contributed by atoms with Crippen molar-refractivity contribution in [1.29, 1.82) is 0 Å². The van der Waals surface area contributed by atoms with Gasteiger partial charge in [0.1, 0.15) is 0 Å². The van der Waals surface area contributed by atoms with Gasteiger partial charge in [-0.15, -0.1) is 0 Å². The minimum atomic E-state index is -3.37. The number of sulfonamides is 1. The van der Waals surface area contributed by atoms with E-state index in [9.17, 15) is 8.42 Å². The van der Waals surface area contributed by atoms with Gasteiger partial charge in [0, 0.05) is 13.6 Å². The number of rotatable bonds is 4. The van der Waals surface area contributed by atoms with Gasteiger partial charge in [0.25, 0.3) is 0 Å². The first-order valence-electron chi connectivity index (χ1n) is 7.15. The van der Waals surface area contributed by atoms with E-state index in [0.717, 1.165) is 37.1 Å². The summed E-state index contributed by atoms with van der Waals surface area (Å²) in [7, 11) is -1.68. The molecule has 1 saturated heterocycles. The average Bonchev–Trinajstić information content (AvgIpc) is 2.38. The van der Waals surface area contributed by atoms with Gasteiger partial charge in [-0.25, -0.2) is 12.7 Å². The largest absolute Gasteiger partial charge is 0.317 e. The number of aryl methyl sites for hydroxylation is 2. The van der Waals surface area contributed by atoms with Crippen LogP contribution in [0.1, 0.15) is 24.0 Å². The van der Waals surface area contributed by atoms with Crippen molar-refractivity contribution in [2.75, 3.05) is 26.7 Å². The van der Waals surface area contributed by atoms with Crippen molar-refractivity contribution in [3.8, 4) is 0 Å². The predicted octanol–water partition coefficient (Wildman–Crippen LogP) is 1.92. The Hall–Kier alpha value is -0.910. The van der Waals surface area contributed by atoms with E-state index in [-0.39, 0.29) is 0 Å². The summed E-state index contributed by atoms with van der Waals surface area (Å²) in [6, 6.07) is 5.49. The van der Waals surface area contributed by atoms with Gasteiger partial charge in [0.2, 0.25) is 10.0 Å². The van der Waals surface area contributed by atoms with Crippen molar-refractivity contribution in [2.45, 2.75) is 31.6 Å². The lowest BCUT2D eigenvalue weighted by molar-refractivity contribution is 0.311. The zero-order valence-electron chi connectivity index (χ0n) is 12.5. The van der Waals surface area contributed by atoms with Gasteiger partial charge in [-0.1, -0.05) is 6.07 Å². The molecule has 4 nitrogen and oxygen atoms in total. The van der Waals surface area contributed by atoms with Crippen molar-refractivity contribution in [1.82, 2.24) is 9.62 Å². The van der Waals surface area contributed by atoms with Crippen LogP contribution in [0, 0.1) is 19.8 Å². The maximum atomic E-state index is 12.6. The number of benzene rings is 1. The Kier molecular flexibility index (Phi) is 4.83. The zero-order chi connectivity index (χ0) is 14.8. The lowest BCUT2D eigenvalue weighted by Crippen LogP contribution is -2.37. The summed E-state index contributed by atoms with van der Waals surface area (Å²) in [5, 5.41) is 3.31. The van der Waals surface area contributed by atoms with Crippen molar-refractivity contribution >= 4 is 10.0 Å². The monoisotopic (exact) mass is 296 g/mol. The van der Waals surface area contributed by atoms with E-state index in [1.807, 2.05) is 19.9 Å². The first-order valence-corrected chi connectivity index (χ1v) is 8.59. The summed E-state index contributed by atoms with van der Waals surface area (Å²) in [6.45, 7) is 6.44. The van der Waals surface area contributed by atoms with Crippen LogP contribution in [0.2, 0.25) is 0 Å². The lowest BCUT2D eigenvalue weighted by atomic mass is 9.98. The Balaban J connectivity index is 2.15. The van der Waals surface area contributed by atoms with Gasteiger partial charge in [0.05, 0.1) is 4.90 Å². The van der Waals surface area contributed by atoms with Crippen molar-refractivity contribution < 1.29 is 8.42 Å². The second-order valence-electron chi connectivity index (χ2n) is 5.80. The van der Waals surface area contributed by atoms with Crippen LogP contribution in [0.25, 0.3) is 0 Å². The van der Waals surface area contributed by atoms with Crippen LogP contribution < -0.4 is 5.32 Å². The van der Waals surface area contributed by atoms with Crippen LogP contribution in [0.4, 0.5) is 0 Å². The molecule has 0 radical (unpaired) electrons. The van der Waals surface area contributed by atoms with Crippen molar-refractivity contribution in [3.63, 3.8) is 0 Å². The molecule has 0 unspecified atom stereocenters. The molecule has 1 aliphatic rings. The summed E-state index contributed by atoms with van der Waals surface area (Å²) >= 11 is 0. The van der Waals surface area contributed by atoms with Gasteiger partial charge in [-0.05, 0) is 69.0 Å². The fraction of sp³-hybridized carbons (Fsp3) is 0.600. The minimum absolute atomic E-state index is 0.409. The van der Waals surface area contributed by atoms with E-state index >= 15 is 0 Å². The van der Waals surface area contributed by atoms with Gasteiger partial charge >= 0.3 is 0 Å². The quantitative estimate of drug-likeness (QED) is 0.923. The molecule has 1 N–H and O–H groups in total. The maximum Gasteiger partial charge on any atom is 0.242 e. The summed E-state index contributed by atoms with van der Waals surface area (Å²) in [5.41, 5.74) is 1.97. The first-order chi connectivity index (χ1) is 9.39. The fourth-order valence-electron chi connectivity index (χ4n) is 2.79. The zero-order valence-corrected chi connectivity index (χ0v) is 13.3. The molecule has 20 heavy (non-hydrogen) atoms. The van der Waals surface area contributed by atoms with Crippen LogP contribution in [0.3, 0.4) is 0 Å². The summed E-state index contributed by atoms with van der Waals surface area (Å²) in [4.78, 5) is 0.409. The third kappa shape index (κ3) is 3.59. The Labute approximate surface area is 122 Å². The minimum Gasteiger partial charge on any atom is -0.317 e. The average molecular weight is 296 g/mol. The molecule has 1 aromatic rings. The Morgan fingerprint density at radius 2 is 1.70 bits per heavy atom. The van der Waals surface area contributed by atoms with Gasteiger partial charge in [-0.2, -0.15) is 0 Å². The normalized spacial score (nSPS) is 17.6. The molecule has 0 spiro atoms. The number of hydrogen-bond donors (Lipinski definition) is 1. The van der Waals surface area contributed by atoms with Crippen LogP contribution in [0.5, 0.6) is 0 Å².